The summed E-state index contributed by atoms with van der Waals surface area (Å²) in [6.07, 6.45) is 1.62. The van der Waals surface area contributed by atoms with Crippen molar-refractivity contribution in [1.29, 1.82) is 0 Å². The second-order valence-corrected chi connectivity index (χ2v) is 4.62. The first-order valence-electron chi connectivity index (χ1n) is 6.75. The molecule has 0 fully saturated rings. The molecule has 110 valence electrons. The van der Waals surface area contributed by atoms with Gasteiger partial charge in [-0.15, -0.1) is 0 Å². The fraction of sp³-hybridized carbons (Fsp3) is 0.235. The minimum absolute atomic E-state index is 0.180. The third-order valence-electron chi connectivity index (χ3n) is 2.98. The predicted octanol–water partition coefficient (Wildman–Crippen LogP) is 3.21. The number of nitrogens with zero attached hydrogens (tertiary/aromatic N) is 1. The second kappa shape index (κ2) is 7.33. The van der Waals surface area contributed by atoms with Gasteiger partial charge in [0.15, 0.2) is 0 Å². The van der Waals surface area contributed by atoms with E-state index in [0.717, 1.165) is 5.75 Å². The van der Waals surface area contributed by atoms with E-state index in [9.17, 15) is 5.11 Å². The van der Waals surface area contributed by atoms with E-state index in [1.807, 2.05) is 31.2 Å². The molecule has 4 nitrogen and oxygen atoms in total. The molecule has 2 rings (SSSR count). The number of benzene rings is 2. The van der Waals surface area contributed by atoms with Crippen molar-refractivity contribution in [2.75, 3.05) is 20.3 Å². The molecule has 0 saturated heterocycles. The number of phenolic OH excluding ortho intramolecular Hbond substituents is 1. The highest BCUT2D eigenvalue weighted by atomic mass is 16.5. The topological polar surface area (TPSA) is 51.0 Å². The minimum Gasteiger partial charge on any atom is -0.507 e. The summed E-state index contributed by atoms with van der Waals surface area (Å²) in [6, 6.07) is 12.9. The van der Waals surface area contributed by atoms with Gasteiger partial charge in [-0.05, 0) is 37.3 Å². The molecule has 1 N–H and O–H groups in total. The Morgan fingerprint density at radius 1 is 1.10 bits per heavy atom. The van der Waals surface area contributed by atoms with Gasteiger partial charge < -0.3 is 14.6 Å². The molecule has 0 aliphatic carbocycles. The van der Waals surface area contributed by atoms with Crippen LogP contribution < -0.4 is 9.47 Å². The van der Waals surface area contributed by atoms with Crippen molar-refractivity contribution in [2.45, 2.75) is 6.92 Å². The van der Waals surface area contributed by atoms with Gasteiger partial charge in [0, 0.05) is 11.8 Å². The highest BCUT2D eigenvalue weighted by Gasteiger charge is 2.00. The van der Waals surface area contributed by atoms with Crippen LogP contribution in [0, 0.1) is 6.92 Å². The minimum atomic E-state index is 0.180. The van der Waals surface area contributed by atoms with E-state index in [0.29, 0.717) is 24.5 Å². The van der Waals surface area contributed by atoms with Crippen LogP contribution in [-0.4, -0.2) is 31.6 Å². The van der Waals surface area contributed by atoms with E-state index < -0.39 is 0 Å². The molecule has 0 aliphatic heterocycles. The third kappa shape index (κ3) is 4.53. The second-order valence-electron chi connectivity index (χ2n) is 4.62. The Morgan fingerprint density at radius 3 is 2.52 bits per heavy atom. The Kier molecular flexibility index (Phi) is 5.21. The Morgan fingerprint density at radius 2 is 1.81 bits per heavy atom. The van der Waals surface area contributed by atoms with E-state index in [2.05, 4.69) is 4.99 Å². The molecule has 0 unspecified atom stereocenters. The molecular formula is C17H19NO3. The lowest BCUT2D eigenvalue weighted by Crippen LogP contribution is -2.01. The molecule has 0 heterocycles. The first kappa shape index (κ1) is 14.9. The Bertz CT molecular complexity index is 606. The highest BCUT2D eigenvalue weighted by molar-refractivity contribution is 5.84. The molecule has 0 aromatic heterocycles. The molecule has 4 heteroatoms. The van der Waals surface area contributed by atoms with Crippen molar-refractivity contribution in [1.82, 2.24) is 0 Å². The third-order valence-corrected chi connectivity index (χ3v) is 2.98. The molecule has 21 heavy (non-hydrogen) atoms. The first-order valence-corrected chi connectivity index (χ1v) is 6.75. The molecule has 0 spiro atoms. The Hall–Kier alpha value is -2.49. The van der Waals surface area contributed by atoms with Gasteiger partial charge in [0.2, 0.25) is 0 Å². The number of aromatic hydroxyl groups is 1. The summed E-state index contributed by atoms with van der Waals surface area (Å²) in [4.78, 5) is 4.24. The van der Waals surface area contributed by atoms with Gasteiger partial charge in [0.1, 0.15) is 23.9 Å². The molecule has 0 atom stereocenters. The van der Waals surface area contributed by atoms with Crippen molar-refractivity contribution in [3.05, 3.63) is 53.6 Å². The fourth-order valence-electron chi connectivity index (χ4n) is 1.78. The van der Waals surface area contributed by atoms with Crippen LogP contribution in [0.3, 0.4) is 0 Å². The van der Waals surface area contributed by atoms with Crippen LogP contribution in [-0.2, 0) is 0 Å². The highest BCUT2D eigenvalue weighted by Crippen LogP contribution is 2.21. The van der Waals surface area contributed by atoms with Crippen molar-refractivity contribution >= 4 is 6.21 Å². The van der Waals surface area contributed by atoms with E-state index in [4.69, 9.17) is 9.47 Å². The van der Waals surface area contributed by atoms with Crippen molar-refractivity contribution in [3.8, 4) is 17.2 Å². The van der Waals surface area contributed by atoms with Gasteiger partial charge in [0.25, 0.3) is 0 Å². The zero-order valence-electron chi connectivity index (χ0n) is 12.2. The van der Waals surface area contributed by atoms with Crippen LogP contribution in [0.4, 0.5) is 0 Å². The maximum atomic E-state index is 9.71. The van der Waals surface area contributed by atoms with E-state index in [1.165, 1.54) is 5.56 Å². The van der Waals surface area contributed by atoms with Crippen molar-refractivity contribution in [2.24, 2.45) is 4.99 Å². The van der Waals surface area contributed by atoms with E-state index in [1.54, 1.807) is 31.5 Å². The van der Waals surface area contributed by atoms with Gasteiger partial charge >= 0.3 is 0 Å². The number of aryl methyl sites for hydroxylation is 1. The predicted molar refractivity (Wildman–Crippen MR) is 83.8 cm³/mol. The van der Waals surface area contributed by atoms with Gasteiger partial charge in [-0.2, -0.15) is 0 Å². The molecule has 2 aromatic carbocycles. The molecule has 2 aromatic rings. The lowest BCUT2D eigenvalue weighted by molar-refractivity contribution is 0.329. The standard InChI is InChI=1S/C17H19NO3/c1-13-3-5-15(6-4-13)21-10-9-18-12-14-11-16(20-2)7-8-17(14)19/h3-8,11-12,19H,9-10H2,1-2H3. The van der Waals surface area contributed by atoms with Crippen LogP contribution in [0.5, 0.6) is 17.2 Å². The summed E-state index contributed by atoms with van der Waals surface area (Å²) in [7, 11) is 1.59. The van der Waals surface area contributed by atoms with Crippen LogP contribution >= 0.6 is 0 Å². The number of ether oxygens (including phenoxy) is 2. The van der Waals surface area contributed by atoms with Crippen molar-refractivity contribution < 1.29 is 14.6 Å². The number of rotatable bonds is 6. The monoisotopic (exact) mass is 285 g/mol. The van der Waals surface area contributed by atoms with Gasteiger partial charge in [-0.1, -0.05) is 17.7 Å². The normalized spacial score (nSPS) is 10.8. The number of hydrogen-bond donors (Lipinski definition) is 1. The largest absolute Gasteiger partial charge is 0.507 e. The van der Waals surface area contributed by atoms with Crippen LogP contribution in [0.2, 0.25) is 0 Å². The molecule has 0 aliphatic rings. The Labute approximate surface area is 124 Å². The zero-order valence-corrected chi connectivity index (χ0v) is 12.2. The summed E-state index contributed by atoms with van der Waals surface area (Å²) < 4.78 is 10.7. The number of phenols is 1. The summed E-state index contributed by atoms with van der Waals surface area (Å²) >= 11 is 0. The molecule has 0 saturated carbocycles. The lowest BCUT2D eigenvalue weighted by atomic mass is 10.2. The maximum absolute atomic E-state index is 9.71. The summed E-state index contributed by atoms with van der Waals surface area (Å²) in [6.45, 7) is 3.05. The maximum Gasteiger partial charge on any atom is 0.124 e. The zero-order chi connectivity index (χ0) is 15.1. The summed E-state index contributed by atoms with van der Waals surface area (Å²) in [5.74, 6) is 1.70. The van der Waals surface area contributed by atoms with Crippen molar-refractivity contribution in [3.63, 3.8) is 0 Å². The summed E-state index contributed by atoms with van der Waals surface area (Å²) in [5, 5.41) is 9.71. The fourth-order valence-corrected chi connectivity index (χ4v) is 1.78. The summed E-state index contributed by atoms with van der Waals surface area (Å²) in [5.41, 5.74) is 1.83. The first-order chi connectivity index (χ1) is 10.2. The molecule has 0 bridgehead atoms. The van der Waals surface area contributed by atoms with E-state index >= 15 is 0 Å². The van der Waals surface area contributed by atoms with Gasteiger partial charge in [-0.25, -0.2) is 0 Å². The van der Waals surface area contributed by atoms with E-state index in [-0.39, 0.29) is 5.75 Å². The quantitative estimate of drug-likeness (QED) is 0.655. The lowest BCUT2D eigenvalue weighted by Gasteiger charge is -2.05. The molecule has 0 radical (unpaired) electrons. The average molecular weight is 285 g/mol. The van der Waals surface area contributed by atoms with Crippen LogP contribution in [0.25, 0.3) is 0 Å². The van der Waals surface area contributed by atoms with Gasteiger partial charge in [0.05, 0.1) is 13.7 Å². The number of methoxy groups -OCH3 is 1. The van der Waals surface area contributed by atoms with Gasteiger partial charge in [-0.3, -0.25) is 4.99 Å². The van der Waals surface area contributed by atoms with Crippen LogP contribution in [0.1, 0.15) is 11.1 Å². The number of aliphatic imine (C=N–C) groups is 1. The number of hydrogen-bond acceptors (Lipinski definition) is 4. The van der Waals surface area contributed by atoms with Crippen LogP contribution in [0.15, 0.2) is 47.5 Å². The molecule has 0 amide bonds. The Balaban J connectivity index is 1.84. The smallest absolute Gasteiger partial charge is 0.124 e. The average Bonchev–Trinajstić information content (AvgIpc) is 2.50. The SMILES string of the molecule is COc1ccc(O)c(C=NCCOc2ccc(C)cc2)c1. The molecular weight excluding hydrogens is 266 g/mol.